The molecule has 0 saturated heterocycles. The molecule has 3 rings (SSSR count). The van der Waals surface area contributed by atoms with Crippen LogP contribution >= 0.6 is 0 Å². The van der Waals surface area contributed by atoms with Crippen molar-refractivity contribution in [2.75, 3.05) is 0 Å². The summed E-state index contributed by atoms with van der Waals surface area (Å²) in [4.78, 5) is 3.41. The van der Waals surface area contributed by atoms with E-state index < -0.39 is 17.3 Å². The summed E-state index contributed by atoms with van der Waals surface area (Å²) in [6, 6.07) is 13.0. The first-order chi connectivity index (χ1) is 12.1. The molecule has 130 valence electrons. The van der Waals surface area contributed by atoms with Crippen LogP contribution in [-0.4, -0.2) is 4.98 Å². The third-order valence-corrected chi connectivity index (χ3v) is 4.95. The minimum atomic E-state index is -0.773. The molecule has 1 heterocycles. The molecule has 0 saturated carbocycles. The number of benzene rings is 1. The van der Waals surface area contributed by atoms with Crippen molar-refractivity contribution in [2.45, 2.75) is 44.4 Å². The summed E-state index contributed by atoms with van der Waals surface area (Å²) in [5.74, 6) is -1.47. The minimum absolute atomic E-state index is 0.446. The Kier molecular flexibility index (Phi) is 5.42. The Morgan fingerprint density at radius 2 is 1.84 bits per heavy atom. The lowest BCUT2D eigenvalue weighted by Gasteiger charge is -2.33. The number of pyridine rings is 1. The van der Waals surface area contributed by atoms with E-state index in [1.54, 1.807) is 6.07 Å². The molecule has 1 unspecified atom stereocenters. The maximum absolute atomic E-state index is 14.4. The zero-order chi connectivity index (χ0) is 17.7. The molecule has 1 nitrogen and oxygen atoms in total. The molecule has 0 radical (unpaired) electrons. The second-order valence-electron chi connectivity index (χ2n) is 6.65. The SMILES string of the molecule is CCCCCC1(c2ccc(F)nc2F)C=CC(c2ccccc2)=CC1. The summed E-state index contributed by atoms with van der Waals surface area (Å²) in [6.07, 6.45) is 11.0. The van der Waals surface area contributed by atoms with Gasteiger partial charge in [-0.1, -0.05) is 74.7 Å². The molecule has 3 heteroatoms. The molecule has 0 amide bonds. The number of unbranched alkanes of at least 4 members (excludes halogenated alkanes) is 2. The average Bonchev–Trinajstić information content (AvgIpc) is 2.63. The molecule has 0 aliphatic heterocycles. The van der Waals surface area contributed by atoms with Crippen molar-refractivity contribution in [3.05, 3.63) is 83.7 Å². The first kappa shape index (κ1) is 17.5. The Bertz CT molecular complexity index is 780. The van der Waals surface area contributed by atoms with Crippen LogP contribution in [0, 0.1) is 11.9 Å². The molecule has 0 N–H and O–H groups in total. The van der Waals surface area contributed by atoms with E-state index in [0.717, 1.165) is 36.8 Å². The van der Waals surface area contributed by atoms with E-state index in [1.165, 1.54) is 6.07 Å². The maximum atomic E-state index is 14.4. The first-order valence-corrected chi connectivity index (χ1v) is 8.92. The molecular formula is C22H23F2N. The predicted octanol–water partition coefficient (Wildman–Crippen LogP) is 6.22. The number of rotatable bonds is 6. The summed E-state index contributed by atoms with van der Waals surface area (Å²) in [7, 11) is 0. The van der Waals surface area contributed by atoms with Gasteiger partial charge < -0.3 is 0 Å². The second kappa shape index (κ2) is 7.73. The van der Waals surface area contributed by atoms with Crippen LogP contribution in [0.3, 0.4) is 0 Å². The van der Waals surface area contributed by atoms with E-state index >= 15 is 0 Å². The van der Waals surface area contributed by atoms with Crippen molar-refractivity contribution in [1.29, 1.82) is 0 Å². The van der Waals surface area contributed by atoms with Gasteiger partial charge in [-0.15, -0.1) is 0 Å². The van der Waals surface area contributed by atoms with Gasteiger partial charge in [0.25, 0.3) is 0 Å². The lowest BCUT2D eigenvalue weighted by atomic mass is 9.71. The van der Waals surface area contributed by atoms with Gasteiger partial charge in [0.15, 0.2) is 0 Å². The number of hydrogen-bond donors (Lipinski definition) is 0. The van der Waals surface area contributed by atoms with Crippen molar-refractivity contribution in [3.8, 4) is 0 Å². The van der Waals surface area contributed by atoms with Gasteiger partial charge in [-0.05, 0) is 36.1 Å². The number of nitrogens with zero attached hydrogens (tertiary/aromatic N) is 1. The highest BCUT2D eigenvalue weighted by molar-refractivity contribution is 5.75. The van der Waals surface area contributed by atoms with Crippen molar-refractivity contribution in [3.63, 3.8) is 0 Å². The van der Waals surface area contributed by atoms with E-state index in [2.05, 4.69) is 42.3 Å². The van der Waals surface area contributed by atoms with Crippen molar-refractivity contribution in [1.82, 2.24) is 4.98 Å². The van der Waals surface area contributed by atoms with E-state index in [9.17, 15) is 8.78 Å². The highest BCUT2D eigenvalue weighted by atomic mass is 19.1. The van der Waals surface area contributed by atoms with Gasteiger partial charge in [0.05, 0.1) is 0 Å². The lowest BCUT2D eigenvalue weighted by molar-refractivity contribution is 0.419. The van der Waals surface area contributed by atoms with Crippen molar-refractivity contribution >= 4 is 5.57 Å². The smallest absolute Gasteiger partial charge is 0.190 e. The summed E-state index contributed by atoms with van der Waals surface area (Å²) in [5.41, 5.74) is 2.34. The number of halogens is 2. The van der Waals surface area contributed by atoms with Gasteiger partial charge in [0, 0.05) is 11.0 Å². The zero-order valence-electron chi connectivity index (χ0n) is 14.5. The summed E-state index contributed by atoms with van der Waals surface area (Å²) in [6.45, 7) is 2.15. The summed E-state index contributed by atoms with van der Waals surface area (Å²) < 4.78 is 27.7. The quantitative estimate of drug-likeness (QED) is 0.449. The largest absolute Gasteiger partial charge is 0.219 e. The van der Waals surface area contributed by atoms with Gasteiger partial charge in [-0.2, -0.15) is 13.8 Å². The second-order valence-corrected chi connectivity index (χ2v) is 6.65. The van der Waals surface area contributed by atoms with Crippen LogP contribution in [0.15, 0.2) is 60.7 Å². The van der Waals surface area contributed by atoms with Gasteiger partial charge in [0.2, 0.25) is 11.9 Å². The van der Waals surface area contributed by atoms with E-state index in [-0.39, 0.29) is 0 Å². The fourth-order valence-corrected chi connectivity index (χ4v) is 3.52. The summed E-state index contributed by atoms with van der Waals surface area (Å²) in [5, 5.41) is 0. The molecule has 1 aliphatic carbocycles. The Balaban J connectivity index is 1.92. The van der Waals surface area contributed by atoms with Gasteiger partial charge in [-0.3, -0.25) is 0 Å². The predicted molar refractivity (Wildman–Crippen MR) is 98.1 cm³/mol. The Labute approximate surface area is 148 Å². The Morgan fingerprint density at radius 3 is 2.48 bits per heavy atom. The van der Waals surface area contributed by atoms with E-state index in [0.29, 0.717) is 12.0 Å². The monoisotopic (exact) mass is 339 g/mol. The van der Waals surface area contributed by atoms with E-state index in [1.807, 2.05) is 18.2 Å². The number of hydrogen-bond acceptors (Lipinski definition) is 1. The Morgan fingerprint density at radius 1 is 1.04 bits per heavy atom. The molecule has 0 bridgehead atoms. The van der Waals surface area contributed by atoms with Gasteiger partial charge in [0.1, 0.15) is 0 Å². The van der Waals surface area contributed by atoms with Crippen LogP contribution in [0.2, 0.25) is 0 Å². The fourth-order valence-electron chi connectivity index (χ4n) is 3.52. The highest BCUT2D eigenvalue weighted by Crippen LogP contribution is 2.41. The molecule has 1 atom stereocenters. The van der Waals surface area contributed by atoms with Crippen LogP contribution in [0.4, 0.5) is 8.78 Å². The fraction of sp³-hybridized carbons (Fsp3) is 0.318. The Hall–Kier alpha value is -2.29. The van der Waals surface area contributed by atoms with Crippen LogP contribution in [0.25, 0.3) is 5.57 Å². The topological polar surface area (TPSA) is 12.9 Å². The van der Waals surface area contributed by atoms with E-state index in [4.69, 9.17) is 0 Å². The molecule has 25 heavy (non-hydrogen) atoms. The zero-order valence-corrected chi connectivity index (χ0v) is 14.5. The number of aromatic nitrogens is 1. The molecule has 1 aromatic carbocycles. The van der Waals surface area contributed by atoms with Crippen molar-refractivity contribution in [2.24, 2.45) is 0 Å². The van der Waals surface area contributed by atoms with Gasteiger partial charge in [-0.25, -0.2) is 0 Å². The normalized spacial score (nSPS) is 19.7. The molecule has 1 aliphatic rings. The summed E-state index contributed by atoms with van der Waals surface area (Å²) >= 11 is 0. The third kappa shape index (κ3) is 3.87. The average molecular weight is 339 g/mol. The molecule has 0 spiro atoms. The standard InChI is InChI=1S/C22H23F2N/c1-2-3-7-14-22(19-10-11-20(23)25-21(19)24)15-12-18(13-16-22)17-8-5-4-6-9-17/h4-6,8-13,15H,2-3,7,14,16H2,1H3. The molecule has 1 aromatic heterocycles. The highest BCUT2D eigenvalue weighted by Gasteiger charge is 2.33. The maximum Gasteiger partial charge on any atom is 0.219 e. The van der Waals surface area contributed by atoms with Crippen LogP contribution in [0.5, 0.6) is 0 Å². The van der Waals surface area contributed by atoms with Crippen molar-refractivity contribution < 1.29 is 8.78 Å². The van der Waals surface area contributed by atoms with Crippen LogP contribution in [-0.2, 0) is 5.41 Å². The molecular weight excluding hydrogens is 316 g/mol. The minimum Gasteiger partial charge on any atom is -0.190 e. The molecule has 0 fully saturated rings. The third-order valence-electron chi connectivity index (χ3n) is 4.95. The van der Waals surface area contributed by atoms with Gasteiger partial charge >= 0.3 is 0 Å². The molecule has 2 aromatic rings. The lowest BCUT2D eigenvalue weighted by Crippen LogP contribution is -2.27. The number of allylic oxidation sites excluding steroid dienone is 4. The first-order valence-electron chi connectivity index (χ1n) is 8.92. The van der Waals surface area contributed by atoms with Crippen LogP contribution < -0.4 is 0 Å². The van der Waals surface area contributed by atoms with Crippen LogP contribution in [0.1, 0.15) is 50.2 Å².